The molecule has 0 aliphatic carbocycles. The molecule has 0 saturated carbocycles. The fourth-order valence-electron chi connectivity index (χ4n) is 2.85. The number of amides is 2. The van der Waals surface area contributed by atoms with Crippen molar-refractivity contribution in [1.29, 1.82) is 0 Å². The van der Waals surface area contributed by atoms with Crippen LogP contribution in [0.15, 0.2) is 48.5 Å². The van der Waals surface area contributed by atoms with Gasteiger partial charge in [0.15, 0.2) is 0 Å². The first-order chi connectivity index (χ1) is 13.2. The predicted molar refractivity (Wildman–Crippen MR) is 98.0 cm³/mol. The normalized spacial score (nSPS) is 17.1. The molecule has 1 aliphatic heterocycles. The molecule has 1 aliphatic rings. The summed E-state index contributed by atoms with van der Waals surface area (Å²) in [5.41, 5.74) is -0.133. The number of benzene rings is 2. The highest BCUT2D eigenvalue weighted by atomic mass is 32.2. The van der Waals surface area contributed by atoms with E-state index in [1.807, 2.05) is 0 Å². The number of nitrogens with zero attached hydrogens (tertiary/aromatic N) is 1. The van der Waals surface area contributed by atoms with Gasteiger partial charge in [0.05, 0.1) is 11.3 Å². The van der Waals surface area contributed by atoms with Crippen LogP contribution < -0.4 is 5.32 Å². The molecule has 3 rings (SSSR count). The number of thioether (sulfide) groups is 1. The molecule has 1 heterocycles. The lowest BCUT2D eigenvalue weighted by Gasteiger charge is -2.24. The number of alkyl halides is 3. The number of carbonyl (C=O) groups is 2. The van der Waals surface area contributed by atoms with Crippen molar-refractivity contribution in [2.24, 2.45) is 0 Å². The molecule has 1 unspecified atom stereocenters. The van der Waals surface area contributed by atoms with Crippen molar-refractivity contribution < 1.29 is 27.2 Å². The van der Waals surface area contributed by atoms with Gasteiger partial charge in [0.25, 0.3) is 0 Å². The zero-order valence-electron chi connectivity index (χ0n) is 14.5. The van der Waals surface area contributed by atoms with E-state index >= 15 is 0 Å². The zero-order chi connectivity index (χ0) is 20.3. The molecule has 0 aromatic heterocycles. The van der Waals surface area contributed by atoms with Gasteiger partial charge in [0, 0.05) is 18.7 Å². The summed E-state index contributed by atoms with van der Waals surface area (Å²) in [4.78, 5) is 25.6. The van der Waals surface area contributed by atoms with Crippen LogP contribution in [0.5, 0.6) is 0 Å². The summed E-state index contributed by atoms with van der Waals surface area (Å²) in [7, 11) is 0. The van der Waals surface area contributed by atoms with Gasteiger partial charge >= 0.3 is 6.18 Å². The molecular weight excluding hydrogens is 396 g/mol. The van der Waals surface area contributed by atoms with Crippen LogP contribution in [-0.2, 0) is 15.8 Å². The number of carbonyl (C=O) groups excluding carboxylic acids is 2. The number of nitrogens with one attached hydrogen (secondary N) is 1. The first-order valence-corrected chi connectivity index (χ1v) is 9.42. The average Bonchev–Trinajstić information content (AvgIpc) is 3.00. The van der Waals surface area contributed by atoms with Gasteiger partial charge in [0.2, 0.25) is 11.8 Å². The van der Waals surface area contributed by atoms with Gasteiger partial charge < -0.3 is 10.2 Å². The van der Waals surface area contributed by atoms with Gasteiger partial charge in [-0.15, -0.1) is 11.8 Å². The maximum Gasteiger partial charge on any atom is 0.416 e. The molecule has 0 bridgehead atoms. The largest absolute Gasteiger partial charge is 0.416 e. The van der Waals surface area contributed by atoms with E-state index in [1.165, 1.54) is 53.1 Å². The molecule has 1 atom stereocenters. The fourth-order valence-corrected chi connectivity index (χ4v) is 4.06. The van der Waals surface area contributed by atoms with Crippen LogP contribution in [0.4, 0.5) is 23.2 Å². The van der Waals surface area contributed by atoms with E-state index in [4.69, 9.17) is 0 Å². The lowest BCUT2D eigenvalue weighted by Crippen LogP contribution is -2.31. The Morgan fingerprint density at radius 2 is 1.93 bits per heavy atom. The molecule has 1 saturated heterocycles. The molecule has 148 valence electrons. The van der Waals surface area contributed by atoms with Gasteiger partial charge in [-0.1, -0.05) is 18.2 Å². The van der Waals surface area contributed by atoms with Crippen LogP contribution in [0.25, 0.3) is 0 Å². The predicted octanol–water partition coefficient (Wildman–Crippen LogP) is 4.45. The molecule has 4 nitrogen and oxygen atoms in total. The summed E-state index contributed by atoms with van der Waals surface area (Å²) in [6.07, 6.45) is -4.53. The molecule has 28 heavy (non-hydrogen) atoms. The standard InChI is InChI=1S/C19H16F4N2O2S/c20-14-5-2-6-15(10-14)24-16(26)7-8-25-17(27)11-28-18(25)12-3-1-4-13(9-12)19(21,22)23/h1-6,9-10,18H,7-8,11H2,(H,24,26). The lowest BCUT2D eigenvalue weighted by atomic mass is 10.1. The van der Waals surface area contributed by atoms with E-state index in [9.17, 15) is 27.2 Å². The summed E-state index contributed by atoms with van der Waals surface area (Å²) < 4.78 is 52.0. The number of hydrogen-bond acceptors (Lipinski definition) is 3. The topological polar surface area (TPSA) is 49.4 Å². The molecule has 1 fully saturated rings. The highest BCUT2D eigenvalue weighted by molar-refractivity contribution is 8.00. The zero-order valence-corrected chi connectivity index (χ0v) is 15.3. The van der Waals surface area contributed by atoms with Gasteiger partial charge in [-0.25, -0.2) is 4.39 Å². The number of rotatable bonds is 5. The van der Waals surface area contributed by atoms with Crippen molar-refractivity contribution in [2.75, 3.05) is 17.6 Å². The third-order valence-corrected chi connectivity index (χ3v) is 5.41. The maximum atomic E-state index is 13.2. The summed E-state index contributed by atoms with van der Waals surface area (Å²) >= 11 is 1.22. The minimum absolute atomic E-state index is 0.0495. The lowest BCUT2D eigenvalue weighted by molar-refractivity contribution is -0.137. The minimum Gasteiger partial charge on any atom is -0.326 e. The van der Waals surface area contributed by atoms with Crippen LogP contribution in [0.2, 0.25) is 0 Å². The monoisotopic (exact) mass is 412 g/mol. The average molecular weight is 412 g/mol. The Morgan fingerprint density at radius 3 is 2.64 bits per heavy atom. The molecular formula is C19H16F4N2O2S. The first kappa shape index (κ1) is 20.2. The Kier molecular flexibility index (Phi) is 5.93. The molecule has 1 N–H and O–H groups in total. The first-order valence-electron chi connectivity index (χ1n) is 8.38. The van der Waals surface area contributed by atoms with E-state index in [0.717, 1.165) is 12.1 Å². The number of anilines is 1. The Morgan fingerprint density at radius 1 is 1.18 bits per heavy atom. The minimum atomic E-state index is -4.47. The third-order valence-electron chi connectivity index (χ3n) is 4.16. The molecule has 0 spiro atoms. The molecule has 2 aromatic rings. The van der Waals surface area contributed by atoms with Crippen molar-refractivity contribution in [3.8, 4) is 0 Å². The third kappa shape index (κ3) is 4.83. The quantitative estimate of drug-likeness (QED) is 0.739. The Bertz CT molecular complexity index is 888. The van der Waals surface area contributed by atoms with Crippen LogP contribution >= 0.6 is 11.8 Å². The number of halogens is 4. The van der Waals surface area contributed by atoms with E-state index in [1.54, 1.807) is 0 Å². The van der Waals surface area contributed by atoms with Crippen molar-refractivity contribution in [3.05, 3.63) is 65.5 Å². The Balaban J connectivity index is 1.67. The van der Waals surface area contributed by atoms with Gasteiger partial charge in [0.1, 0.15) is 11.2 Å². The second-order valence-corrected chi connectivity index (χ2v) is 7.25. The Hall–Kier alpha value is -2.55. The van der Waals surface area contributed by atoms with E-state index in [2.05, 4.69) is 5.32 Å². The summed E-state index contributed by atoms with van der Waals surface area (Å²) in [6.45, 7) is 0.0495. The SMILES string of the molecule is O=C(CCN1C(=O)CSC1c1cccc(C(F)(F)F)c1)Nc1cccc(F)c1. The van der Waals surface area contributed by atoms with E-state index < -0.39 is 28.8 Å². The van der Waals surface area contributed by atoms with Crippen LogP contribution in [-0.4, -0.2) is 29.0 Å². The highest BCUT2D eigenvalue weighted by Gasteiger charge is 2.35. The van der Waals surface area contributed by atoms with Gasteiger partial charge in [-0.05, 0) is 35.9 Å². The molecule has 2 amide bonds. The molecule has 0 radical (unpaired) electrons. The summed E-state index contributed by atoms with van der Waals surface area (Å²) in [5.74, 6) is -1.02. The maximum absolute atomic E-state index is 13.2. The molecule has 9 heteroatoms. The highest BCUT2D eigenvalue weighted by Crippen LogP contribution is 2.40. The number of hydrogen-bond donors (Lipinski definition) is 1. The van der Waals surface area contributed by atoms with E-state index in [0.29, 0.717) is 11.3 Å². The van der Waals surface area contributed by atoms with Crippen LogP contribution in [0.1, 0.15) is 22.9 Å². The second kappa shape index (κ2) is 8.22. The summed E-state index contributed by atoms with van der Waals surface area (Å²) in [6, 6.07) is 10.2. The summed E-state index contributed by atoms with van der Waals surface area (Å²) in [5, 5.41) is 1.95. The second-order valence-electron chi connectivity index (χ2n) is 6.18. The van der Waals surface area contributed by atoms with Crippen LogP contribution in [0, 0.1) is 5.82 Å². The van der Waals surface area contributed by atoms with Crippen molar-refractivity contribution in [3.63, 3.8) is 0 Å². The molecule has 2 aromatic carbocycles. The Labute approximate surface area is 162 Å². The van der Waals surface area contributed by atoms with Crippen molar-refractivity contribution >= 4 is 29.3 Å². The fraction of sp³-hybridized carbons (Fsp3) is 0.263. The van der Waals surface area contributed by atoms with Gasteiger partial charge in [-0.3, -0.25) is 9.59 Å². The van der Waals surface area contributed by atoms with Crippen LogP contribution in [0.3, 0.4) is 0 Å². The van der Waals surface area contributed by atoms with Crippen molar-refractivity contribution in [2.45, 2.75) is 18.0 Å². The van der Waals surface area contributed by atoms with Gasteiger partial charge in [-0.2, -0.15) is 13.2 Å². The van der Waals surface area contributed by atoms with E-state index in [-0.39, 0.29) is 24.6 Å². The smallest absolute Gasteiger partial charge is 0.326 e. The van der Waals surface area contributed by atoms with Crippen molar-refractivity contribution in [1.82, 2.24) is 4.90 Å².